The quantitative estimate of drug-likeness (QED) is 0.731. The van der Waals surface area contributed by atoms with Crippen LogP contribution in [0, 0.1) is 12.7 Å². The number of benzene rings is 1. The molecule has 2 N–H and O–H groups in total. The molecule has 1 unspecified atom stereocenters. The maximum Gasteiger partial charge on any atom is 0.312 e. The molecule has 0 spiro atoms. The van der Waals surface area contributed by atoms with E-state index < -0.39 is 33.6 Å². The van der Waals surface area contributed by atoms with Crippen LogP contribution in [-0.2, 0) is 14.8 Å². The van der Waals surface area contributed by atoms with Crippen molar-refractivity contribution in [2.24, 2.45) is 0 Å². The fourth-order valence-electron chi connectivity index (χ4n) is 2.32. The Bertz CT molecular complexity index is 950. The first-order valence-electron chi connectivity index (χ1n) is 7.83. The first kappa shape index (κ1) is 20.6. The van der Waals surface area contributed by atoms with Crippen LogP contribution in [0.5, 0.6) is 0 Å². The van der Waals surface area contributed by atoms with Gasteiger partial charge in [-0.05, 0) is 24.6 Å². The lowest BCUT2D eigenvalue weighted by atomic mass is 9.99. The Morgan fingerprint density at radius 2 is 1.85 bits per heavy atom. The van der Waals surface area contributed by atoms with Crippen molar-refractivity contribution in [3.63, 3.8) is 0 Å². The minimum atomic E-state index is -3.85. The average molecular weight is 398 g/mol. The molecule has 0 saturated heterocycles. The number of carbonyl (C=O) groups excluding carboxylic acids is 1. The number of furan rings is 1. The van der Waals surface area contributed by atoms with Gasteiger partial charge in [0, 0.05) is 26.7 Å². The van der Waals surface area contributed by atoms with Gasteiger partial charge >= 0.3 is 5.97 Å². The maximum absolute atomic E-state index is 13.0. The van der Waals surface area contributed by atoms with Gasteiger partial charge in [0.1, 0.15) is 11.6 Å². The summed E-state index contributed by atoms with van der Waals surface area (Å²) in [6.07, 6.45) is 0. The average Bonchev–Trinajstić information content (AvgIpc) is 2.98. The summed E-state index contributed by atoms with van der Waals surface area (Å²) in [7, 11) is -1.19. The van der Waals surface area contributed by atoms with Crippen LogP contribution in [0.2, 0.25) is 0 Å². The van der Waals surface area contributed by atoms with E-state index in [1.54, 1.807) is 0 Å². The summed E-state index contributed by atoms with van der Waals surface area (Å²) in [5.74, 6) is -3.38. The fourth-order valence-corrected chi connectivity index (χ4v) is 3.18. The molecule has 0 bridgehead atoms. The molecule has 8 nitrogen and oxygen atoms in total. The van der Waals surface area contributed by atoms with Crippen molar-refractivity contribution in [2.75, 3.05) is 20.6 Å². The number of carboxylic acid groups (broad SMARTS) is 1. The van der Waals surface area contributed by atoms with Gasteiger partial charge in [0.2, 0.25) is 5.09 Å². The molecule has 0 radical (unpaired) electrons. The smallest absolute Gasteiger partial charge is 0.312 e. The molecule has 2 rings (SSSR count). The zero-order valence-corrected chi connectivity index (χ0v) is 15.7. The van der Waals surface area contributed by atoms with Crippen LogP contribution < -0.4 is 5.32 Å². The number of carboxylic acids is 1. The molecule has 0 aliphatic rings. The van der Waals surface area contributed by atoms with Crippen LogP contribution in [0.15, 0.2) is 39.8 Å². The van der Waals surface area contributed by atoms with Crippen molar-refractivity contribution in [1.29, 1.82) is 0 Å². The summed E-state index contributed by atoms with van der Waals surface area (Å²) < 4.78 is 43.3. The highest BCUT2D eigenvalue weighted by Gasteiger charge is 2.27. The number of aryl methyl sites for hydroxylation is 1. The molecule has 1 atom stereocenters. The molecule has 146 valence electrons. The molecule has 10 heteroatoms. The number of sulfonamides is 1. The van der Waals surface area contributed by atoms with Crippen LogP contribution >= 0.6 is 0 Å². The Morgan fingerprint density at radius 1 is 1.26 bits per heavy atom. The largest absolute Gasteiger partial charge is 0.481 e. The molecule has 0 aliphatic heterocycles. The van der Waals surface area contributed by atoms with E-state index in [9.17, 15) is 27.5 Å². The molecular weight excluding hydrogens is 379 g/mol. The SMILES string of the molecule is Cc1oc(S(=O)(=O)N(C)C)cc1C(=O)NCC(C(=O)O)c1ccc(F)cc1. The van der Waals surface area contributed by atoms with Crippen LogP contribution in [0.3, 0.4) is 0 Å². The second-order valence-corrected chi connectivity index (χ2v) is 8.06. The molecule has 1 aromatic carbocycles. The lowest BCUT2D eigenvalue weighted by Gasteiger charge is -2.13. The van der Waals surface area contributed by atoms with E-state index in [2.05, 4.69) is 5.32 Å². The third kappa shape index (κ3) is 4.52. The number of nitrogens with one attached hydrogen (secondary N) is 1. The molecular formula is C17H19FN2O6S. The number of aliphatic carboxylic acids is 1. The van der Waals surface area contributed by atoms with Gasteiger partial charge in [0.15, 0.2) is 0 Å². The maximum atomic E-state index is 13.0. The van der Waals surface area contributed by atoms with Gasteiger partial charge in [0.25, 0.3) is 15.9 Å². The van der Waals surface area contributed by atoms with E-state index in [1.165, 1.54) is 33.2 Å². The minimum Gasteiger partial charge on any atom is -0.481 e. The lowest BCUT2D eigenvalue weighted by Crippen LogP contribution is -2.31. The normalized spacial score (nSPS) is 12.8. The standard InChI is InChI=1S/C17H19FN2O6S/c1-10-13(8-15(26-10)27(24,25)20(2)3)16(21)19-9-14(17(22)23)11-4-6-12(18)7-5-11/h4-8,14H,9H2,1-3H3,(H,19,21)(H,22,23). The molecule has 0 saturated carbocycles. The van der Waals surface area contributed by atoms with E-state index in [0.29, 0.717) is 5.56 Å². The summed E-state index contributed by atoms with van der Waals surface area (Å²) in [4.78, 5) is 23.8. The number of amides is 1. The van der Waals surface area contributed by atoms with Crippen molar-refractivity contribution < 1.29 is 31.9 Å². The van der Waals surface area contributed by atoms with Crippen LogP contribution in [-0.4, -0.2) is 50.3 Å². The zero-order valence-electron chi connectivity index (χ0n) is 14.9. The van der Waals surface area contributed by atoms with Crippen molar-refractivity contribution in [3.05, 3.63) is 53.0 Å². The summed E-state index contributed by atoms with van der Waals surface area (Å²) >= 11 is 0. The monoisotopic (exact) mass is 398 g/mol. The first-order valence-corrected chi connectivity index (χ1v) is 9.27. The Morgan fingerprint density at radius 3 is 2.37 bits per heavy atom. The van der Waals surface area contributed by atoms with Crippen molar-refractivity contribution >= 4 is 21.9 Å². The van der Waals surface area contributed by atoms with Gasteiger partial charge in [-0.1, -0.05) is 12.1 Å². The molecule has 27 heavy (non-hydrogen) atoms. The predicted octanol–water partition coefficient (Wildman–Crippen LogP) is 1.58. The third-order valence-corrected chi connectivity index (χ3v) is 5.58. The van der Waals surface area contributed by atoms with Crippen LogP contribution in [0.25, 0.3) is 0 Å². The summed E-state index contributed by atoms with van der Waals surface area (Å²) in [5, 5.41) is 11.4. The Kier molecular flexibility index (Phi) is 6.01. The van der Waals surface area contributed by atoms with Crippen LogP contribution in [0.4, 0.5) is 4.39 Å². The third-order valence-electron chi connectivity index (χ3n) is 3.91. The van der Waals surface area contributed by atoms with E-state index in [4.69, 9.17) is 4.42 Å². The highest BCUT2D eigenvalue weighted by Crippen LogP contribution is 2.22. The van der Waals surface area contributed by atoms with Crippen molar-refractivity contribution in [2.45, 2.75) is 17.9 Å². The summed E-state index contributed by atoms with van der Waals surface area (Å²) in [5.41, 5.74) is 0.308. The molecule has 1 amide bonds. The van der Waals surface area contributed by atoms with Gasteiger partial charge in [-0.25, -0.2) is 17.1 Å². The molecule has 0 aliphatic carbocycles. The van der Waals surface area contributed by atoms with Gasteiger partial charge in [-0.2, -0.15) is 0 Å². The summed E-state index contributed by atoms with van der Waals surface area (Å²) in [6.45, 7) is 1.17. The van der Waals surface area contributed by atoms with E-state index >= 15 is 0 Å². The van der Waals surface area contributed by atoms with Crippen molar-refractivity contribution in [1.82, 2.24) is 9.62 Å². The first-order chi connectivity index (χ1) is 12.5. The van der Waals surface area contributed by atoms with E-state index in [1.807, 2.05) is 0 Å². The highest BCUT2D eigenvalue weighted by molar-refractivity contribution is 7.88. The van der Waals surface area contributed by atoms with E-state index in [-0.39, 0.29) is 23.0 Å². The second-order valence-electron chi connectivity index (χ2n) is 5.98. The molecule has 1 heterocycles. The Hall–Kier alpha value is -2.72. The highest BCUT2D eigenvalue weighted by atomic mass is 32.2. The topological polar surface area (TPSA) is 117 Å². The van der Waals surface area contributed by atoms with Gasteiger partial charge in [-0.15, -0.1) is 0 Å². The predicted molar refractivity (Wildman–Crippen MR) is 93.4 cm³/mol. The number of halogens is 1. The van der Waals surface area contributed by atoms with E-state index in [0.717, 1.165) is 22.5 Å². The number of rotatable bonds is 7. The number of carbonyl (C=O) groups is 2. The second kappa shape index (κ2) is 7.89. The van der Waals surface area contributed by atoms with Crippen molar-refractivity contribution in [3.8, 4) is 0 Å². The number of hydrogen-bond donors (Lipinski definition) is 2. The molecule has 1 aromatic heterocycles. The van der Waals surface area contributed by atoms with Crippen LogP contribution in [0.1, 0.15) is 27.6 Å². The molecule has 2 aromatic rings. The molecule has 0 fully saturated rings. The Balaban J connectivity index is 2.18. The number of hydrogen-bond acceptors (Lipinski definition) is 5. The number of nitrogens with zero attached hydrogens (tertiary/aromatic N) is 1. The zero-order chi connectivity index (χ0) is 20.4. The Labute approximate surface area is 155 Å². The van der Waals surface area contributed by atoms with Gasteiger partial charge < -0.3 is 14.8 Å². The summed E-state index contributed by atoms with van der Waals surface area (Å²) in [6, 6.07) is 6.00. The lowest BCUT2D eigenvalue weighted by molar-refractivity contribution is -0.138. The van der Waals surface area contributed by atoms with Gasteiger partial charge in [0.05, 0.1) is 11.5 Å². The van der Waals surface area contributed by atoms with Gasteiger partial charge in [-0.3, -0.25) is 9.59 Å². The minimum absolute atomic E-state index is 0.0151. The fraction of sp³-hybridized carbons (Fsp3) is 0.294.